The second-order valence-electron chi connectivity index (χ2n) is 4.84. The molecule has 0 amide bonds. The summed E-state index contributed by atoms with van der Waals surface area (Å²) in [5, 5.41) is 16.5. The number of nitrogens with one attached hydrogen (secondary N) is 1. The molecule has 2 N–H and O–H groups in total. The van der Waals surface area contributed by atoms with Crippen molar-refractivity contribution >= 4 is 17.6 Å². The predicted molar refractivity (Wildman–Crippen MR) is 77.9 cm³/mol. The summed E-state index contributed by atoms with van der Waals surface area (Å²) in [6.45, 7) is 3.61. The number of carboxylic acids is 1. The highest BCUT2D eigenvalue weighted by Gasteiger charge is 2.30. The monoisotopic (exact) mass is 309 g/mol. The second kappa shape index (κ2) is 6.24. The minimum absolute atomic E-state index is 0.199. The van der Waals surface area contributed by atoms with Gasteiger partial charge in [0, 0.05) is 0 Å². The smallest absolute Gasteiger partial charge is 0.323 e. The van der Waals surface area contributed by atoms with E-state index in [1.807, 2.05) is 12.1 Å². The Kier molecular flexibility index (Phi) is 4.59. The van der Waals surface area contributed by atoms with Gasteiger partial charge in [0.1, 0.15) is 5.54 Å². The highest BCUT2D eigenvalue weighted by Crippen LogP contribution is 2.25. The summed E-state index contributed by atoms with van der Waals surface area (Å²) in [5.41, 5.74) is -0.375. The molecule has 1 heterocycles. The number of hydrogen-bond donors (Lipinski definition) is 2. The lowest BCUT2D eigenvalue weighted by Crippen LogP contribution is -2.48. The van der Waals surface area contributed by atoms with Crippen molar-refractivity contribution in [3.63, 3.8) is 0 Å². The van der Waals surface area contributed by atoms with E-state index in [4.69, 9.17) is 16.1 Å². The van der Waals surface area contributed by atoms with Crippen LogP contribution in [0.5, 0.6) is 0 Å². The van der Waals surface area contributed by atoms with Crippen molar-refractivity contribution in [1.82, 2.24) is 15.5 Å². The first-order chi connectivity index (χ1) is 9.96. The molecule has 0 saturated carbocycles. The largest absolute Gasteiger partial charge is 0.480 e. The molecule has 0 saturated heterocycles. The van der Waals surface area contributed by atoms with Gasteiger partial charge in [-0.25, -0.2) is 0 Å². The summed E-state index contributed by atoms with van der Waals surface area (Å²) in [5.74, 6) is -0.225. The number of carbonyl (C=O) groups is 1. The van der Waals surface area contributed by atoms with E-state index in [9.17, 15) is 9.90 Å². The molecule has 0 aliphatic heterocycles. The first-order valence-corrected chi connectivity index (χ1v) is 6.90. The van der Waals surface area contributed by atoms with Crippen molar-refractivity contribution in [2.75, 3.05) is 0 Å². The SMILES string of the molecule is CCC(C)(NCc1noc(-c2ccccc2Cl)n1)C(=O)O. The fraction of sp³-hybridized carbons (Fsp3) is 0.357. The summed E-state index contributed by atoms with van der Waals surface area (Å²) in [4.78, 5) is 15.4. The Morgan fingerprint density at radius 1 is 1.48 bits per heavy atom. The Balaban J connectivity index is 2.11. The molecule has 0 fully saturated rings. The summed E-state index contributed by atoms with van der Waals surface area (Å²) >= 11 is 6.06. The summed E-state index contributed by atoms with van der Waals surface area (Å²) < 4.78 is 5.16. The molecule has 0 aliphatic rings. The number of benzene rings is 1. The standard InChI is InChI=1S/C14H16ClN3O3/c1-3-14(2,13(19)20)16-8-11-17-12(21-18-11)9-6-4-5-7-10(9)15/h4-7,16H,3,8H2,1-2H3,(H,19,20). The van der Waals surface area contributed by atoms with Gasteiger partial charge in [0.15, 0.2) is 5.82 Å². The predicted octanol–water partition coefficient (Wildman–Crippen LogP) is 2.73. The second-order valence-corrected chi connectivity index (χ2v) is 5.25. The van der Waals surface area contributed by atoms with Crippen LogP contribution in [0, 0.1) is 0 Å². The van der Waals surface area contributed by atoms with Gasteiger partial charge in [-0.05, 0) is 25.5 Å². The summed E-state index contributed by atoms with van der Waals surface area (Å²) in [7, 11) is 0. The molecule has 0 radical (unpaired) electrons. The molecule has 0 aliphatic carbocycles. The minimum atomic E-state index is -1.02. The number of aliphatic carboxylic acids is 1. The number of nitrogens with zero attached hydrogens (tertiary/aromatic N) is 2. The van der Waals surface area contributed by atoms with Crippen molar-refractivity contribution in [3.05, 3.63) is 35.1 Å². The molecular formula is C14H16ClN3O3. The van der Waals surface area contributed by atoms with E-state index in [-0.39, 0.29) is 6.54 Å². The fourth-order valence-corrected chi connectivity index (χ4v) is 1.91. The molecule has 112 valence electrons. The molecule has 1 atom stereocenters. The van der Waals surface area contributed by atoms with E-state index in [1.54, 1.807) is 26.0 Å². The van der Waals surface area contributed by atoms with Crippen molar-refractivity contribution in [2.24, 2.45) is 0 Å². The average Bonchev–Trinajstić information content (AvgIpc) is 2.93. The van der Waals surface area contributed by atoms with E-state index in [0.717, 1.165) is 0 Å². The fourth-order valence-electron chi connectivity index (χ4n) is 1.70. The van der Waals surface area contributed by atoms with Crippen LogP contribution in [-0.2, 0) is 11.3 Å². The number of aromatic nitrogens is 2. The maximum absolute atomic E-state index is 11.2. The number of carboxylic acid groups (broad SMARTS) is 1. The minimum Gasteiger partial charge on any atom is -0.480 e. The quantitative estimate of drug-likeness (QED) is 0.853. The third-order valence-electron chi connectivity index (χ3n) is 3.39. The van der Waals surface area contributed by atoms with Crippen LogP contribution in [0.1, 0.15) is 26.1 Å². The molecule has 1 aromatic heterocycles. The van der Waals surface area contributed by atoms with Crippen molar-refractivity contribution in [3.8, 4) is 11.5 Å². The summed E-state index contributed by atoms with van der Waals surface area (Å²) in [6.07, 6.45) is 0.442. The lowest BCUT2D eigenvalue weighted by molar-refractivity contribution is -0.144. The van der Waals surface area contributed by atoms with E-state index >= 15 is 0 Å². The van der Waals surface area contributed by atoms with Gasteiger partial charge in [-0.15, -0.1) is 0 Å². The zero-order chi connectivity index (χ0) is 15.5. The Labute approximate surface area is 127 Å². The Morgan fingerprint density at radius 2 is 2.19 bits per heavy atom. The number of rotatable bonds is 6. The van der Waals surface area contributed by atoms with E-state index in [1.165, 1.54) is 0 Å². The van der Waals surface area contributed by atoms with E-state index < -0.39 is 11.5 Å². The average molecular weight is 310 g/mol. The molecule has 21 heavy (non-hydrogen) atoms. The first kappa shape index (κ1) is 15.5. The van der Waals surface area contributed by atoms with Crippen LogP contribution >= 0.6 is 11.6 Å². The molecule has 0 bridgehead atoms. The first-order valence-electron chi connectivity index (χ1n) is 6.52. The molecular weight excluding hydrogens is 294 g/mol. The molecule has 2 aromatic rings. The van der Waals surface area contributed by atoms with Crippen LogP contribution in [0.25, 0.3) is 11.5 Å². The Morgan fingerprint density at radius 3 is 2.81 bits per heavy atom. The maximum atomic E-state index is 11.2. The Bertz CT molecular complexity index is 644. The molecule has 2 rings (SSSR count). The van der Waals surface area contributed by atoms with E-state index in [2.05, 4.69) is 15.5 Å². The van der Waals surface area contributed by atoms with Crippen LogP contribution in [0.2, 0.25) is 5.02 Å². The topological polar surface area (TPSA) is 88.3 Å². The van der Waals surface area contributed by atoms with Crippen LogP contribution in [0.15, 0.2) is 28.8 Å². The lowest BCUT2D eigenvalue weighted by Gasteiger charge is -2.23. The third kappa shape index (κ3) is 3.40. The lowest BCUT2D eigenvalue weighted by atomic mass is 9.99. The van der Waals surface area contributed by atoms with Crippen LogP contribution in [0.3, 0.4) is 0 Å². The Hall–Kier alpha value is -1.92. The van der Waals surface area contributed by atoms with Crippen molar-refractivity contribution < 1.29 is 14.4 Å². The van der Waals surface area contributed by atoms with Gasteiger partial charge in [0.05, 0.1) is 17.1 Å². The van der Waals surface area contributed by atoms with Crippen molar-refractivity contribution in [1.29, 1.82) is 0 Å². The van der Waals surface area contributed by atoms with E-state index in [0.29, 0.717) is 28.7 Å². The summed E-state index contributed by atoms with van der Waals surface area (Å²) in [6, 6.07) is 7.14. The normalized spacial score (nSPS) is 13.9. The van der Waals surface area contributed by atoms with Gasteiger partial charge >= 0.3 is 5.97 Å². The van der Waals surface area contributed by atoms with Gasteiger partial charge in [0.2, 0.25) is 0 Å². The molecule has 0 spiro atoms. The molecule has 1 unspecified atom stereocenters. The number of hydrogen-bond acceptors (Lipinski definition) is 5. The zero-order valence-corrected chi connectivity index (χ0v) is 12.5. The van der Waals surface area contributed by atoms with Crippen LogP contribution in [0.4, 0.5) is 0 Å². The van der Waals surface area contributed by atoms with Gasteiger partial charge in [0.25, 0.3) is 5.89 Å². The van der Waals surface area contributed by atoms with Crippen molar-refractivity contribution in [2.45, 2.75) is 32.4 Å². The highest BCUT2D eigenvalue weighted by molar-refractivity contribution is 6.33. The van der Waals surface area contributed by atoms with Gasteiger partial charge < -0.3 is 9.63 Å². The number of halogens is 1. The van der Waals surface area contributed by atoms with Crippen LogP contribution in [-0.4, -0.2) is 26.8 Å². The zero-order valence-electron chi connectivity index (χ0n) is 11.8. The highest BCUT2D eigenvalue weighted by atomic mass is 35.5. The van der Waals surface area contributed by atoms with Gasteiger partial charge in [-0.1, -0.05) is 35.8 Å². The molecule has 1 aromatic carbocycles. The van der Waals surface area contributed by atoms with Gasteiger partial charge in [-0.2, -0.15) is 4.98 Å². The van der Waals surface area contributed by atoms with Gasteiger partial charge in [-0.3, -0.25) is 10.1 Å². The van der Waals surface area contributed by atoms with Crippen LogP contribution < -0.4 is 5.32 Å². The maximum Gasteiger partial charge on any atom is 0.323 e. The molecule has 7 heteroatoms. The molecule has 6 nitrogen and oxygen atoms in total. The third-order valence-corrected chi connectivity index (χ3v) is 3.72.